The van der Waals surface area contributed by atoms with Gasteiger partial charge < -0.3 is 143 Å². The Morgan fingerprint density at radius 3 is 1.72 bits per heavy atom. The van der Waals surface area contributed by atoms with Gasteiger partial charge in [-0.15, -0.1) is 0 Å². The number of hydrogen-bond donors (Lipinski definition) is 16. The molecule has 1 spiro atoms. The van der Waals surface area contributed by atoms with Crippen LogP contribution < -0.4 is 0 Å². The van der Waals surface area contributed by atoms with Gasteiger partial charge >= 0.3 is 0 Å². The lowest BCUT2D eigenvalue weighted by Crippen LogP contribution is -2.68. The first-order valence-corrected chi connectivity index (χ1v) is 32.8. The fourth-order valence-electron chi connectivity index (χ4n) is 17.8. The lowest BCUT2D eigenvalue weighted by Gasteiger charge is -2.63. The second-order valence-corrected chi connectivity index (χ2v) is 28.7. The first-order valence-electron chi connectivity index (χ1n) is 32.8. The number of allylic oxidation sites excluding steroid dienone is 2. The molecular formula is C62H98O31. The molecule has 0 radical (unpaired) electrons. The third-order valence-electron chi connectivity index (χ3n) is 23.7. The summed E-state index contributed by atoms with van der Waals surface area (Å²) in [7, 11) is 0. The highest BCUT2D eigenvalue weighted by Crippen LogP contribution is 2.74. The quantitative estimate of drug-likeness (QED) is 0.0570. The minimum Gasteiger partial charge on any atom is -0.396 e. The van der Waals surface area contributed by atoms with Gasteiger partial charge in [-0.2, -0.15) is 0 Å². The molecule has 2 saturated carbocycles. The van der Waals surface area contributed by atoms with Crippen molar-refractivity contribution in [3.63, 3.8) is 0 Å². The fourth-order valence-corrected chi connectivity index (χ4v) is 17.8. The summed E-state index contributed by atoms with van der Waals surface area (Å²) in [4.78, 5) is 27.8. The van der Waals surface area contributed by atoms with E-state index in [1.807, 2.05) is 13.8 Å². The number of rotatable bonds is 18. The summed E-state index contributed by atoms with van der Waals surface area (Å²) < 4.78 is 79.2. The summed E-state index contributed by atoms with van der Waals surface area (Å²) in [5.41, 5.74) is -1.48. The number of carbonyl (C=O) groups excluding carboxylic acids is 2. The van der Waals surface area contributed by atoms with Crippen molar-refractivity contribution in [3.8, 4) is 0 Å². The van der Waals surface area contributed by atoms with Gasteiger partial charge in [0.2, 0.25) is 0 Å². The number of aliphatic hydroxyl groups excluding tert-OH is 16. The van der Waals surface area contributed by atoms with Crippen LogP contribution in [-0.4, -0.2) is 317 Å². The highest BCUT2D eigenvalue weighted by Gasteiger charge is 2.75. The standard InChI is InChI=1S/C62H98O31/c1-8-27(66)30-15-23(2)62(93-30)16-35(69)61(7)26-9-10-34-58(4,25(26)11-14-60(61,62)6)13-12-36(59(34,5)22-65)88-53-47(80)44(77)41(74)33(87-53)21-83-55-49(38(71)28(67)19-81-55)91-57-51(92-52-46(79)43(76)37(70)24(3)84-52)48(42(75)32(18-64)86-57)89-56-50(39(72)29(68)20-82-56)90-54-45(78)40(73)31(17-63)85-54/h23-24,28-34,36-57,63-65,67-68,70-80H,8-22H2,1-7H3/t23-,24+,28+,29+,30+,31-,32-,33-,34-,36+,37+,38+,39+,40+,41-,42-,43-,44+,45-,46-,47-,48+,49-,50-,51-,52+,53+,54+,55+,56+,57+,58-,59-,60+,61-,62+/m1/s1. The van der Waals surface area contributed by atoms with Gasteiger partial charge in [-0.05, 0) is 76.0 Å². The molecule has 9 fully saturated rings. The van der Waals surface area contributed by atoms with Crippen molar-refractivity contribution >= 4 is 11.6 Å². The zero-order valence-corrected chi connectivity index (χ0v) is 53.3. The van der Waals surface area contributed by atoms with Crippen LogP contribution in [0.4, 0.5) is 0 Å². The van der Waals surface area contributed by atoms with Crippen LogP contribution in [0.15, 0.2) is 11.1 Å². The maximum absolute atomic E-state index is 14.8. The van der Waals surface area contributed by atoms with E-state index in [-0.39, 0.29) is 36.4 Å². The lowest BCUT2D eigenvalue weighted by atomic mass is 9.42. The molecule has 0 aromatic heterocycles. The molecule has 0 bridgehead atoms. The largest absolute Gasteiger partial charge is 0.396 e. The molecule has 532 valence electrons. The SMILES string of the molecule is CCC(=O)[C@@H]1C[C@@H](C)[C@]2(CC(=O)[C@@]3(C)C4=C(CC[C@@]32C)[C@@]2(C)CC[C@H](O[C@@H]3O[C@H](CO[C@@H]5OC[C@H](O)[C@H](O)[C@H]5O[C@@H]5O[C@H](CO)[C@@H](O)[C@H](O[C@@H]6OC[C@H](O)[C@H](O)[C@H]6O[C@@H]6O[C@H](CO)[C@H](O)[C@H]6O)[C@H]5O[C@@H]5O[C@@H](C)[C@H](O)[C@@H](O)[C@H]5O)[C@@H](O)[C@H](O)[C@H]3O)[C@](C)(CO)[C@@H]2CC4)O1. The number of fused-ring (bicyclic) bond motifs is 5. The average Bonchev–Trinajstić information content (AvgIpc) is 1.55. The van der Waals surface area contributed by atoms with Crippen molar-refractivity contribution in [3.05, 3.63) is 11.1 Å². The van der Waals surface area contributed by atoms with Crippen molar-refractivity contribution in [2.24, 2.45) is 33.5 Å². The lowest BCUT2D eigenvalue weighted by molar-refractivity contribution is -0.407. The number of hydrogen-bond acceptors (Lipinski definition) is 31. The van der Waals surface area contributed by atoms with Gasteiger partial charge in [0.05, 0.1) is 62.9 Å². The van der Waals surface area contributed by atoms with Crippen molar-refractivity contribution in [2.45, 2.75) is 290 Å². The highest BCUT2D eigenvalue weighted by atomic mass is 16.8. The molecule has 11 aliphatic rings. The minimum absolute atomic E-state index is 0.0259. The molecule has 7 aliphatic heterocycles. The van der Waals surface area contributed by atoms with E-state index in [1.165, 1.54) is 12.5 Å². The van der Waals surface area contributed by atoms with E-state index in [2.05, 4.69) is 27.7 Å². The molecule has 7 heterocycles. The Hall–Kier alpha value is -2.08. The molecule has 0 aromatic rings. The van der Waals surface area contributed by atoms with Gasteiger partial charge in [-0.25, -0.2) is 0 Å². The van der Waals surface area contributed by atoms with E-state index in [4.69, 9.17) is 61.6 Å². The van der Waals surface area contributed by atoms with Crippen LogP contribution in [-0.2, 0) is 71.2 Å². The monoisotopic (exact) mass is 1340 g/mol. The van der Waals surface area contributed by atoms with Crippen molar-refractivity contribution < 1.29 is 153 Å². The van der Waals surface area contributed by atoms with Gasteiger partial charge in [0.25, 0.3) is 0 Å². The molecular weight excluding hydrogens is 1240 g/mol. The molecule has 31 heteroatoms. The summed E-state index contributed by atoms with van der Waals surface area (Å²) in [5.74, 6) is -0.105. The van der Waals surface area contributed by atoms with Crippen LogP contribution >= 0.6 is 0 Å². The third kappa shape index (κ3) is 12.0. The molecule has 93 heavy (non-hydrogen) atoms. The zero-order valence-electron chi connectivity index (χ0n) is 53.3. The van der Waals surface area contributed by atoms with Crippen molar-refractivity contribution in [1.29, 1.82) is 0 Å². The van der Waals surface area contributed by atoms with Crippen LogP contribution in [0.2, 0.25) is 0 Å². The molecule has 31 nitrogen and oxygen atoms in total. The van der Waals surface area contributed by atoms with Gasteiger partial charge in [-0.1, -0.05) is 45.8 Å². The van der Waals surface area contributed by atoms with Gasteiger partial charge in [0.15, 0.2) is 43.5 Å². The first kappa shape index (κ1) is 72.2. The first-order chi connectivity index (χ1) is 43.9. The molecule has 0 unspecified atom stereocenters. The topological polar surface area (TPSA) is 478 Å². The molecule has 7 saturated heterocycles. The Morgan fingerprint density at radius 2 is 1.09 bits per heavy atom. The molecule has 11 rings (SSSR count). The Balaban J connectivity index is 0.815. The summed E-state index contributed by atoms with van der Waals surface area (Å²) in [6.07, 6.45) is -45.7. The van der Waals surface area contributed by atoms with Crippen LogP contribution in [0.1, 0.15) is 106 Å². The normalized spacial score (nSPS) is 54.3. The number of Topliss-reactive ketones (excluding diaryl/α,β-unsaturated/α-hetero) is 2. The van der Waals surface area contributed by atoms with Gasteiger partial charge in [0, 0.05) is 23.7 Å². The summed E-state index contributed by atoms with van der Waals surface area (Å²) in [5, 5.41) is 177. The van der Waals surface area contributed by atoms with Crippen LogP contribution in [0.25, 0.3) is 0 Å². The van der Waals surface area contributed by atoms with Crippen molar-refractivity contribution in [1.82, 2.24) is 0 Å². The van der Waals surface area contributed by atoms with E-state index >= 15 is 0 Å². The maximum atomic E-state index is 14.8. The Labute approximate surface area is 537 Å². The second kappa shape index (κ2) is 27.5. The smallest absolute Gasteiger partial charge is 0.187 e. The summed E-state index contributed by atoms with van der Waals surface area (Å²) in [6.45, 7) is 9.46. The van der Waals surface area contributed by atoms with Crippen molar-refractivity contribution in [2.75, 3.05) is 39.6 Å². The summed E-state index contributed by atoms with van der Waals surface area (Å²) in [6, 6.07) is 0. The average molecular weight is 1340 g/mol. The van der Waals surface area contributed by atoms with E-state index < -0.39 is 238 Å². The fraction of sp³-hybridized carbons (Fsp3) is 0.935. The highest BCUT2D eigenvalue weighted by molar-refractivity contribution is 5.94. The predicted molar refractivity (Wildman–Crippen MR) is 306 cm³/mol. The number of ketones is 2. The predicted octanol–water partition coefficient (Wildman–Crippen LogP) is -5.34. The van der Waals surface area contributed by atoms with Crippen LogP contribution in [0.5, 0.6) is 0 Å². The molecule has 16 N–H and O–H groups in total. The Bertz CT molecular complexity index is 2660. The van der Waals surface area contributed by atoms with E-state index in [1.54, 1.807) is 0 Å². The van der Waals surface area contributed by atoms with Gasteiger partial charge in [0.1, 0.15) is 134 Å². The summed E-state index contributed by atoms with van der Waals surface area (Å²) >= 11 is 0. The number of aliphatic hydroxyl groups is 16. The second-order valence-electron chi connectivity index (χ2n) is 28.7. The van der Waals surface area contributed by atoms with Crippen LogP contribution in [0, 0.1) is 33.5 Å². The van der Waals surface area contributed by atoms with E-state index in [0.717, 1.165) is 5.57 Å². The van der Waals surface area contributed by atoms with Crippen LogP contribution in [0.3, 0.4) is 0 Å². The Kier molecular flexibility index (Phi) is 21.3. The molecule has 0 aromatic carbocycles. The van der Waals surface area contributed by atoms with Gasteiger partial charge in [-0.3, -0.25) is 9.59 Å². The number of ether oxygens (including phenoxy) is 13. The molecule has 4 aliphatic carbocycles. The Morgan fingerprint density at radius 1 is 0.548 bits per heavy atom. The zero-order chi connectivity index (χ0) is 67.5. The van der Waals surface area contributed by atoms with E-state index in [9.17, 15) is 91.3 Å². The molecule has 0 amide bonds. The van der Waals surface area contributed by atoms with E-state index in [0.29, 0.717) is 51.4 Å². The third-order valence-corrected chi connectivity index (χ3v) is 23.7. The minimum atomic E-state index is -2.07. The number of carbonyl (C=O) groups is 2. The molecule has 36 atom stereocenters. The maximum Gasteiger partial charge on any atom is 0.187 e.